The number of nitrogens with one attached hydrogen (secondary N) is 1. The number of nitrogens with zero attached hydrogens (tertiary/aromatic N) is 1. The van der Waals surface area contributed by atoms with Crippen molar-refractivity contribution in [1.29, 1.82) is 5.41 Å². The number of ether oxygens (including phenoxy) is 1. The van der Waals surface area contributed by atoms with Crippen LogP contribution >= 0.6 is 0 Å². The van der Waals surface area contributed by atoms with E-state index in [0.29, 0.717) is 17.7 Å². The lowest BCUT2D eigenvalue weighted by molar-refractivity contribution is -0.138. The molecule has 1 aliphatic rings. The molecule has 0 saturated carbocycles. The quantitative estimate of drug-likeness (QED) is 0.433. The van der Waals surface area contributed by atoms with Crippen molar-refractivity contribution in [1.82, 2.24) is 4.31 Å². The average molecular weight is 432 g/mol. The zero-order valence-electron chi connectivity index (χ0n) is 16.6. The van der Waals surface area contributed by atoms with Crippen molar-refractivity contribution >= 4 is 21.8 Å². The standard InChI is InChI=1S/C21H25N3O5S/c1-30(27,28)24-12-14(11-20(25)26)10-18(24)13-29-19-8-6-16(7-9-19)15-2-4-17(5-3-15)21(22)23/h2-9,14,18H,10-13H2,1H3,(H3,22,23)(H,25,26)/t14-,18-/m0/s1. The summed E-state index contributed by atoms with van der Waals surface area (Å²) in [6.45, 7) is 0.365. The zero-order chi connectivity index (χ0) is 21.9. The summed E-state index contributed by atoms with van der Waals surface area (Å²) in [6, 6.07) is 14.4. The highest BCUT2D eigenvalue weighted by molar-refractivity contribution is 7.88. The minimum absolute atomic E-state index is 0.0194. The number of benzene rings is 2. The molecule has 1 heterocycles. The molecule has 0 radical (unpaired) electrons. The van der Waals surface area contributed by atoms with E-state index in [9.17, 15) is 13.2 Å². The number of nitrogens with two attached hydrogens (primary N) is 1. The maximum atomic E-state index is 12.1. The van der Waals surface area contributed by atoms with Crippen LogP contribution < -0.4 is 10.5 Å². The van der Waals surface area contributed by atoms with E-state index in [1.54, 1.807) is 12.1 Å². The number of aliphatic carboxylic acids is 1. The summed E-state index contributed by atoms with van der Waals surface area (Å²) in [5, 5.41) is 16.4. The van der Waals surface area contributed by atoms with E-state index in [4.69, 9.17) is 21.0 Å². The Bertz CT molecular complexity index is 1020. The number of hydrogen-bond donors (Lipinski definition) is 3. The molecule has 4 N–H and O–H groups in total. The number of carbonyl (C=O) groups is 1. The molecule has 0 amide bonds. The number of rotatable bonds is 8. The van der Waals surface area contributed by atoms with Gasteiger partial charge in [-0.25, -0.2) is 8.42 Å². The Hall–Kier alpha value is -2.91. The SMILES string of the molecule is CS(=O)(=O)N1C[C@H](CC(=O)O)C[C@H]1COc1ccc(-c2ccc(C(=N)N)cc2)cc1. The summed E-state index contributed by atoms with van der Waals surface area (Å²) >= 11 is 0. The third kappa shape index (κ3) is 5.37. The van der Waals surface area contributed by atoms with E-state index >= 15 is 0 Å². The van der Waals surface area contributed by atoms with Gasteiger partial charge in [0.25, 0.3) is 0 Å². The molecule has 2 aromatic rings. The third-order valence-corrected chi connectivity index (χ3v) is 6.47. The molecule has 0 bridgehead atoms. The lowest BCUT2D eigenvalue weighted by atomic mass is 10.0. The smallest absolute Gasteiger partial charge is 0.303 e. The fourth-order valence-corrected chi connectivity index (χ4v) is 4.88. The highest BCUT2D eigenvalue weighted by atomic mass is 32.2. The number of carboxylic acid groups (broad SMARTS) is 1. The van der Waals surface area contributed by atoms with Crippen molar-refractivity contribution in [3.63, 3.8) is 0 Å². The molecule has 2 atom stereocenters. The van der Waals surface area contributed by atoms with Crippen LogP contribution in [0.25, 0.3) is 11.1 Å². The van der Waals surface area contributed by atoms with E-state index in [2.05, 4.69) is 0 Å². The number of sulfonamides is 1. The summed E-state index contributed by atoms with van der Waals surface area (Å²) < 4.78 is 31.3. The monoisotopic (exact) mass is 431 g/mol. The molecule has 8 nitrogen and oxygen atoms in total. The lowest BCUT2D eigenvalue weighted by Crippen LogP contribution is -2.38. The zero-order valence-corrected chi connectivity index (χ0v) is 17.4. The largest absolute Gasteiger partial charge is 0.492 e. The van der Waals surface area contributed by atoms with Gasteiger partial charge in [-0.15, -0.1) is 0 Å². The molecule has 30 heavy (non-hydrogen) atoms. The first-order valence-electron chi connectivity index (χ1n) is 9.50. The number of amidine groups is 1. The van der Waals surface area contributed by atoms with Crippen molar-refractivity contribution in [2.75, 3.05) is 19.4 Å². The average Bonchev–Trinajstić information content (AvgIpc) is 3.09. The maximum absolute atomic E-state index is 12.1. The fourth-order valence-electron chi connectivity index (χ4n) is 3.71. The molecule has 0 spiro atoms. The predicted octanol–water partition coefficient (Wildman–Crippen LogP) is 2.14. The lowest BCUT2D eigenvalue weighted by Gasteiger charge is -2.22. The first kappa shape index (κ1) is 21.8. The van der Waals surface area contributed by atoms with Gasteiger partial charge in [0.15, 0.2) is 0 Å². The van der Waals surface area contributed by atoms with Gasteiger partial charge in [-0.2, -0.15) is 4.31 Å². The van der Waals surface area contributed by atoms with Gasteiger partial charge in [0.1, 0.15) is 18.2 Å². The van der Waals surface area contributed by atoms with E-state index in [1.165, 1.54) is 4.31 Å². The minimum atomic E-state index is -3.44. The van der Waals surface area contributed by atoms with Gasteiger partial charge in [0.05, 0.1) is 12.3 Å². The first-order chi connectivity index (χ1) is 14.1. The van der Waals surface area contributed by atoms with Crippen LogP contribution in [0.4, 0.5) is 0 Å². The Kier molecular flexibility index (Phi) is 6.42. The Morgan fingerprint density at radius 2 is 1.73 bits per heavy atom. The van der Waals surface area contributed by atoms with Crippen molar-refractivity contribution in [3.8, 4) is 16.9 Å². The Labute approximate surface area is 175 Å². The molecule has 9 heteroatoms. The van der Waals surface area contributed by atoms with Crippen LogP contribution in [0.2, 0.25) is 0 Å². The Balaban J connectivity index is 1.65. The molecule has 0 unspecified atom stereocenters. The summed E-state index contributed by atoms with van der Waals surface area (Å²) in [5.41, 5.74) is 8.08. The van der Waals surface area contributed by atoms with Crippen LogP contribution in [-0.4, -0.2) is 55.1 Å². The second-order valence-electron chi connectivity index (χ2n) is 7.51. The van der Waals surface area contributed by atoms with Gasteiger partial charge in [-0.05, 0) is 35.6 Å². The Morgan fingerprint density at radius 3 is 2.23 bits per heavy atom. The fraction of sp³-hybridized carbons (Fsp3) is 0.333. The van der Waals surface area contributed by atoms with E-state index in [1.807, 2.05) is 36.4 Å². The molecule has 160 valence electrons. The molecule has 0 aliphatic carbocycles. The van der Waals surface area contributed by atoms with Crippen LogP contribution in [0.5, 0.6) is 5.75 Å². The van der Waals surface area contributed by atoms with Gasteiger partial charge < -0.3 is 15.6 Å². The van der Waals surface area contributed by atoms with Crippen molar-refractivity contribution in [2.45, 2.75) is 18.9 Å². The first-order valence-corrected chi connectivity index (χ1v) is 11.3. The number of hydrogen-bond acceptors (Lipinski definition) is 5. The highest BCUT2D eigenvalue weighted by Gasteiger charge is 2.38. The number of carboxylic acids is 1. The van der Waals surface area contributed by atoms with Crippen molar-refractivity contribution < 1.29 is 23.1 Å². The van der Waals surface area contributed by atoms with Gasteiger partial charge in [0.2, 0.25) is 10.0 Å². The molecule has 1 aliphatic heterocycles. The van der Waals surface area contributed by atoms with Crippen LogP contribution in [0.15, 0.2) is 48.5 Å². The van der Waals surface area contributed by atoms with Crippen molar-refractivity contribution in [2.24, 2.45) is 11.7 Å². The molecule has 0 aromatic heterocycles. The van der Waals surface area contributed by atoms with Crippen LogP contribution in [0.1, 0.15) is 18.4 Å². The van der Waals surface area contributed by atoms with Crippen LogP contribution in [-0.2, 0) is 14.8 Å². The summed E-state index contributed by atoms with van der Waals surface area (Å²) in [7, 11) is -3.44. The van der Waals surface area contributed by atoms with Gasteiger partial charge in [0, 0.05) is 18.5 Å². The topological polar surface area (TPSA) is 134 Å². The van der Waals surface area contributed by atoms with E-state index in [-0.39, 0.29) is 37.4 Å². The van der Waals surface area contributed by atoms with Gasteiger partial charge in [-0.1, -0.05) is 36.4 Å². The van der Waals surface area contributed by atoms with Gasteiger partial charge >= 0.3 is 5.97 Å². The molecular weight excluding hydrogens is 406 g/mol. The normalized spacial score (nSPS) is 19.5. The summed E-state index contributed by atoms with van der Waals surface area (Å²) in [6.07, 6.45) is 1.54. The third-order valence-electron chi connectivity index (χ3n) is 5.17. The minimum Gasteiger partial charge on any atom is -0.492 e. The second-order valence-corrected chi connectivity index (χ2v) is 9.45. The maximum Gasteiger partial charge on any atom is 0.303 e. The molecule has 1 saturated heterocycles. The molecule has 1 fully saturated rings. The van der Waals surface area contributed by atoms with E-state index < -0.39 is 16.0 Å². The van der Waals surface area contributed by atoms with Gasteiger partial charge in [-0.3, -0.25) is 10.2 Å². The van der Waals surface area contributed by atoms with Crippen LogP contribution in [0.3, 0.4) is 0 Å². The Morgan fingerprint density at radius 1 is 1.17 bits per heavy atom. The second kappa shape index (κ2) is 8.85. The summed E-state index contributed by atoms with van der Waals surface area (Å²) in [5.74, 6) is -0.520. The van der Waals surface area contributed by atoms with Crippen LogP contribution in [0, 0.1) is 11.3 Å². The summed E-state index contributed by atoms with van der Waals surface area (Å²) in [4.78, 5) is 11.0. The van der Waals surface area contributed by atoms with Crippen molar-refractivity contribution in [3.05, 3.63) is 54.1 Å². The van der Waals surface area contributed by atoms with E-state index in [0.717, 1.165) is 17.4 Å². The predicted molar refractivity (Wildman–Crippen MR) is 114 cm³/mol. The highest BCUT2D eigenvalue weighted by Crippen LogP contribution is 2.29. The molecule has 3 rings (SSSR count). The molecular formula is C21H25N3O5S. The number of nitrogen functional groups attached to an aromatic ring is 1. The molecule has 2 aromatic carbocycles.